The summed E-state index contributed by atoms with van der Waals surface area (Å²) < 4.78 is 94.7. The Morgan fingerprint density at radius 3 is 2.26 bits per heavy atom. The van der Waals surface area contributed by atoms with E-state index in [9.17, 15) is 58.6 Å². The van der Waals surface area contributed by atoms with Crippen molar-refractivity contribution in [3.8, 4) is 0 Å². The van der Waals surface area contributed by atoms with E-state index in [-0.39, 0.29) is 47.5 Å². The summed E-state index contributed by atoms with van der Waals surface area (Å²) in [6, 6.07) is 0. The first-order chi connectivity index (χ1) is 34.3. The fourth-order valence-corrected chi connectivity index (χ4v) is 15.1. The molecule has 2 unspecified atom stereocenters. The van der Waals surface area contributed by atoms with Crippen molar-refractivity contribution in [3.63, 3.8) is 0 Å². The Labute approximate surface area is 426 Å². The fourth-order valence-electron chi connectivity index (χ4n) is 14.6. The van der Waals surface area contributed by atoms with Crippen LogP contribution in [0.4, 0.5) is 0 Å². The quantitative estimate of drug-likeness (QED) is 0.0690. The Kier molecular flexibility index (Phi) is 16.2. The second-order valence-corrected chi connectivity index (χ2v) is 24.1. The highest BCUT2D eigenvalue weighted by molar-refractivity contribution is 7.80. The standard InChI is InChI=1S/C50H78O22S/c1-8-22(3)35(51)44(59)63-19-31-37(53)40(56)42(58)46(68-31)67-26-15-25-9-10-27-28(12-13-48(6)29(27)17-30-34(48)23(4)50(71-30)14-11-21(2)18-65-50)49(25,7)33(16-26)69-47-43(38(54)32(20-64-47)72-73(60,61)62)70-45-41(57)39(55)36(52)24(5)66-45/h9,22-24,26-43,45-47,51-58H,2,8,10-20H2,1,3-7H3,(H,60,61,62)/t22?,23-,24-,26+,27+,28-,29-,30-,31+,32-,33+,34-,35?,36-,37+,38-,39+,40-,41+,42+,43+,45-,46+,47-,48-,49-,50+/m0/s1. The summed E-state index contributed by atoms with van der Waals surface area (Å²) in [4.78, 5) is 12.7. The first-order valence-electron chi connectivity index (χ1n) is 26.2. The highest BCUT2D eigenvalue weighted by Crippen LogP contribution is 2.71. The largest absolute Gasteiger partial charge is 0.461 e. The van der Waals surface area contributed by atoms with Gasteiger partial charge in [-0.25, -0.2) is 8.98 Å². The molecule has 0 aromatic rings. The molecule has 22 nitrogen and oxygen atoms in total. The number of aliphatic hydroxyl groups excluding tert-OH is 8. The predicted molar refractivity (Wildman–Crippen MR) is 249 cm³/mol. The molecule has 5 saturated heterocycles. The second kappa shape index (κ2) is 21.1. The van der Waals surface area contributed by atoms with Gasteiger partial charge < -0.3 is 83.5 Å². The lowest BCUT2D eigenvalue weighted by Crippen LogP contribution is -2.64. The van der Waals surface area contributed by atoms with Crippen LogP contribution in [0.15, 0.2) is 23.8 Å². The van der Waals surface area contributed by atoms with Gasteiger partial charge in [-0.3, -0.25) is 4.55 Å². The van der Waals surface area contributed by atoms with Gasteiger partial charge in [0.05, 0.1) is 37.6 Å². The molecular weight excluding hydrogens is 985 g/mol. The van der Waals surface area contributed by atoms with Crippen molar-refractivity contribution in [2.45, 2.75) is 216 Å². The molecule has 23 heteroatoms. The van der Waals surface area contributed by atoms with Crippen LogP contribution < -0.4 is 0 Å². The molecule has 416 valence electrons. The molecule has 0 aromatic carbocycles. The smallest absolute Gasteiger partial charge is 0.397 e. The monoisotopic (exact) mass is 1060 g/mol. The zero-order chi connectivity index (χ0) is 52.9. The summed E-state index contributed by atoms with van der Waals surface area (Å²) in [5.74, 6) is -1.23. The Morgan fingerprint density at radius 1 is 0.890 bits per heavy atom. The zero-order valence-corrected chi connectivity index (χ0v) is 43.2. The van der Waals surface area contributed by atoms with Gasteiger partial charge in [0.2, 0.25) is 0 Å². The molecule has 5 heterocycles. The zero-order valence-electron chi connectivity index (χ0n) is 42.4. The van der Waals surface area contributed by atoms with Gasteiger partial charge in [-0.05, 0) is 80.5 Å². The molecule has 3 saturated carbocycles. The van der Waals surface area contributed by atoms with Crippen molar-refractivity contribution in [1.29, 1.82) is 0 Å². The molecular formula is C50H78O22S. The summed E-state index contributed by atoms with van der Waals surface area (Å²) in [5, 5.41) is 87.7. The van der Waals surface area contributed by atoms with Crippen molar-refractivity contribution in [1.82, 2.24) is 0 Å². The van der Waals surface area contributed by atoms with Gasteiger partial charge in [0.25, 0.3) is 0 Å². The van der Waals surface area contributed by atoms with E-state index in [1.165, 1.54) is 6.92 Å². The number of fused-ring (bicyclic) bond motifs is 7. The minimum absolute atomic E-state index is 0.00307. The van der Waals surface area contributed by atoms with Gasteiger partial charge in [0, 0.05) is 24.2 Å². The van der Waals surface area contributed by atoms with Gasteiger partial charge in [0.15, 0.2) is 30.8 Å². The summed E-state index contributed by atoms with van der Waals surface area (Å²) in [5.41, 5.74) is 1.14. The number of carbonyl (C=O) groups is 1. The third-order valence-corrected chi connectivity index (χ3v) is 19.5. The molecule has 73 heavy (non-hydrogen) atoms. The fraction of sp³-hybridized carbons (Fsp3) is 0.900. The highest BCUT2D eigenvalue weighted by Gasteiger charge is 2.70. The second-order valence-electron chi connectivity index (χ2n) is 23.1. The first-order valence-corrected chi connectivity index (χ1v) is 27.5. The van der Waals surface area contributed by atoms with Gasteiger partial charge in [-0.2, -0.15) is 8.42 Å². The minimum atomic E-state index is -5.15. The van der Waals surface area contributed by atoms with E-state index in [4.69, 9.17) is 46.8 Å². The Hall–Kier alpha value is -1.82. The van der Waals surface area contributed by atoms with Gasteiger partial charge in [-0.15, -0.1) is 0 Å². The lowest BCUT2D eigenvalue weighted by molar-refractivity contribution is -0.363. The number of allylic oxidation sites excluding steroid dienone is 1. The normalized spacial score (nSPS) is 50.8. The van der Waals surface area contributed by atoms with Crippen LogP contribution in [-0.2, 0) is 62.0 Å². The van der Waals surface area contributed by atoms with Gasteiger partial charge >= 0.3 is 16.4 Å². The first kappa shape index (κ1) is 55.9. The van der Waals surface area contributed by atoms with Crippen LogP contribution >= 0.6 is 0 Å². The lowest BCUT2D eigenvalue weighted by atomic mass is 9.46. The maximum atomic E-state index is 12.7. The molecule has 4 aliphatic carbocycles. The van der Waals surface area contributed by atoms with Crippen LogP contribution in [0, 0.1) is 46.3 Å². The molecule has 1 spiro atoms. The molecule has 8 fully saturated rings. The number of hydrogen-bond donors (Lipinski definition) is 9. The number of ether oxygens (including phenoxy) is 9. The maximum absolute atomic E-state index is 12.7. The third kappa shape index (κ3) is 10.2. The molecule has 5 aliphatic heterocycles. The maximum Gasteiger partial charge on any atom is 0.397 e. The van der Waals surface area contributed by atoms with Crippen molar-refractivity contribution in [3.05, 3.63) is 23.8 Å². The third-order valence-electron chi connectivity index (χ3n) is 19.0. The Bertz CT molecular complexity index is 2140. The van der Waals surface area contributed by atoms with E-state index in [1.54, 1.807) is 13.8 Å². The van der Waals surface area contributed by atoms with Crippen molar-refractivity contribution in [2.24, 2.45) is 46.3 Å². The summed E-state index contributed by atoms with van der Waals surface area (Å²) >= 11 is 0. The highest BCUT2D eigenvalue weighted by atomic mass is 32.3. The molecule has 27 atom stereocenters. The number of hydrogen-bond acceptors (Lipinski definition) is 21. The number of carbonyl (C=O) groups excluding carboxylic acids is 1. The SMILES string of the molecule is C=C1CC[C@@]2(OC1)O[C@H]1C[C@H]3[C@@H]4CC=C5C[C@@H](O[C@@H]6O[C@H](COC(=O)C(O)C(C)CC)[C@@H](O)[C@H](O)[C@H]6O)C[C@@H](O[C@@H]6OC[C@H](OS(=O)(=O)O)[C@H](O)[C@H]6O[C@@H]6O[C@@H](C)[C@H](O)[C@@H](O)[C@H]6O)[C@]5(C)[C@H]4CC[C@]3(C)[C@H]1[C@@H]2C. The van der Waals surface area contributed by atoms with E-state index in [0.717, 1.165) is 49.7 Å². The molecule has 0 aromatic heterocycles. The van der Waals surface area contributed by atoms with Crippen molar-refractivity contribution >= 4 is 16.4 Å². The minimum Gasteiger partial charge on any atom is -0.461 e. The Morgan fingerprint density at radius 2 is 1.59 bits per heavy atom. The van der Waals surface area contributed by atoms with E-state index in [1.807, 2.05) is 0 Å². The summed E-state index contributed by atoms with van der Waals surface area (Å²) in [7, 11) is -5.15. The van der Waals surface area contributed by atoms with Gasteiger partial charge in [0.1, 0.15) is 67.6 Å². The molecule has 0 bridgehead atoms. The topological polar surface area (TPSA) is 326 Å². The number of rotatable bonds is 13. The number of esters is 1. The van der Waals surface area contributed by atoms with E-state index >= 15 is 0 Å². The Balaban J connectivity index is 1.01. The average Bonchev–Trinajstić information content (AvgIpc) is 3.80. The summed E-state index contributed by atoms with van der Waals surface area (Å²) in [6.45, 7) is 15.1. The molecule has 0 amide bonds. The van der Waals surface area contributed by atoms with E-state index < -0.39 is 151 Å². The molecule has 9 rings (SSSR count). The molecule has 0 radical (unpaired) electrons. The van der Waals surface area contributed by atoms with Crippen LogP contribution in [0.5, 0.6) is 0 Å². The summed E-state index contributed by atoms with van der Waals surface area (Å²) in [6.07, 6.45) is -18.3. The predicted octanol–water partition coefficient (Wildman–Crippen LogP) is 0.529. The van der Waals surface area contributed by atoms with Crippen LogP contribution in [-0.4, -0.2) is 196 Å². The number of aliphatic hydroxyl groups is 8. The molecule has 9 N–H and O–H groups in total. The van der Waals surface area contributed by atoms with Crippen LogP contribution in [0.25, 0.3) is 0 Å². The molecule has 9 aliphatic rings. The van der Waals surface area contributed by atoms with Gasteiger partial charge in [-0.1, -0.05) is 64.8 Å². The van der Waals surface area contributed by atoms with E-state index in [2.05, 4.69) is 33.4 Å². The van der Waals surface area contributed by atoms with Crippen LogP contribution in [0.2, 0.25) is 0 Å². The average molecular weight is 1060 g/mol. The van der Waals surface area contributed by atoms with E-state index in [0.29, 0.717) is 19.4 Å². The van der Waals surface area contributed by atoms with Crippen LogP contribution in [0.3, 0.4) is 0 Å². The van der Waals surface area contributed by atoms with Crippen LogP contribution in [0.1, 0.15) is 99.3 Å². The van der Waals surface area contributed by atoms with Crippen molar-refractivity contribution < 1.29 is 105 Å². The van der Waals surface area contributed by atoms with Crippen molar-refractivity contribution in [2.75, 3.05) is 19.8 Å². The lowest BCUT2D eigenvalue weighted by Gasteiger charge is -2.61.